The predicted octanol–water partition coefficient (Wildman–Crippen LogP) is 6.56. The Kier molecular flexibility index (Phi) is 8.84. The first-order chi connectivity index (χ1) is 18.9. The molecule has 5 rings (SSSR count). The lowest BCUT2D eigenvalue weighted by Gasteiger charge is -2.50. The number of hydrogen-bond acceptors (Lipinski definition) is 5. The number of fused-ring (bicyclic) bond motifs is 1. The number of halogens is 3. The number of rotatable bonds is 8. The number of carbonyl (C=O) groups is 2. The molecule has 2 atom stereocenters. The number of nitrogens with one attached hydrogen (secondary N) is 1. The van der Waals surface area contributed by atoms with Gasteiger partial charge in [0.25, 0.3) is 5.91 Å². The summed E-state index contributed by atoms with van der Waals surface area (Å²) in [6, 6.07) is 23.6. The van der Waals surface area contributed by atoms with E-state index in [9.17, 15) is 9.59 Å². The number of hydrogen-bond donors (Lipinski definition) is 1. The molecule has 2 aliphatic heterocycles. The number of benzene rings is 3. The molecule has 2 aliphatic rings. The van der Waals surface area contributed by atoms with E-state index < -0.39 is 18.1 Å². The lowest BCUT2D eigenvalue weighted by molar-refractivity contribution is -0.153. The van der Waals surface area contributed by atoms with Gasteiger partial charge in [-0.05, 0) is 40.5 Å². The largest absolute Gasteiger partial charge is 0.448 e. The Labute approximate surface area is 251 Å². The molecule has 3 aromatic rings. The van der Waals surface area contributed by atoms with Crippen molar-refractivity contribution in [2.24, 2.45) is 0 Å². The second-order valence-electron chi connectivity index (χ2n) is 9.06. The highest BCUT2D eigenvalue weighted by molar-refractivity contribution is 8.00. The fourth-order valence-electron chi connectivity index (χ4n) is 4.60. The molecule has 0 aromatic heterocycles. The Balaban J connectivity index is 1.34. The standard InChI is InChI=1S/C29H23Cl3N2O3S2/c30-15-20-16-39-28-24(33-23(38)14-19-13-21(31)11-12-22(19)32)27(35)34(28)25(20)29(36)37-26(17-7-3-1-4-8-17)18-9-5-2-6-10-18/h1-13,24,26,28H,14-16H2,(H,33,38). The number of ether oxygens (including phenoxy) is 1. The molecule has 3 aromatic carbocycles. The predicted molar refractivity (Wildman–Crippen MR) is 161 cm³/mol. The number of thioether (sulfide) groups is 1. The van der Waals surface area contributed by atoms with E-state index in [1.165, 1.54) is 16.7 Å². The Hall–Kier alpha value is -2.55. The van der Waals surface area contributed by atoms with Crippen molar-refractivity contribution in [1.29, 1.82) is 0 Å². The number of β-lactam (4-membered cyclic amide) rings is 1. The summed E-state index contributed by atoms with van der Waals surface area (Å²) in [5, 5.41) is 3.93. The molecule has 2 unspecified atom stereocenters. The Morgan fingerprint density at radius 2 is 1.69 bits per heavy atom. The molecule has 5 nitrogen and oxygen atoms in total. The van der Waals surface area contributed by atoms with Gasteiger partial charge in [-0.15, -0.1) is 23.4 Å². The van der Waals surface area contributed by atoms with Crippen LogP contribution in [0.1, 0.15) is 22.8 Å². The maximum atomic E-state index is 13.7. The number of carbonyl (C=O) groups excluding carboxylic acids is 2. The topological polar surface area (TPSA) is 58.6 Å². The van der Waals surface area contributed by atoms with Crippen LogP contribution in [0, 0.1) is 0 Å². The number of esters is 1. The third kappa shape index (κ3) is 5.98. The van der Waals surface area contributed by atoms with Crippen LogP contribution in [0.5, 0.6) is 0 Å². The third-order valence-corrected chi connectivity index (χ3v) is 9.03. The SMILES string of the molecule is O=C(OC(c1ccccc1)c1ccccc1)C1=C(CCl)CSC2C(NC(=S)Cc3cc(Cl)ccc3Cl)C(=O)N12. The normalized spacial score (nSPS) is 18.5. The first kappa shape index (κ1) is 28.0. The lowest BCUT2D eigenvalue weighted by Crippen LogP contribution is -2.70. The number of nitrogens with zero attached hydrogens (tertiary/aromatic N) is 1. The van der Waals surface area contributed by atoms with Gasteiger partial charge in [0.15, 0.2) is 6.10 Å². The van der Waals surface area contributed by atoms with Gasteiger partial charge in [0.05, 0.1) is 4.99 Å². The second kappa shape index (κ2) is 12.3. The minimum absolute atomic E-state index is 0.110. The Bertz CT molecular complexity index is 1400. The van der Waals surface area contributed by atoms with Gasteiger partial charge in [-0.1, -0.05) is 96.1 Å². The minimum atomic E-state index is -0.641. The van der Waals surface area contributed by atoms with Crippen molar-refractivity contribution in [3.8, 4) is 0 Å². The first-order valence-corrected chi connectivity index (χ1v) is 14.9. The molecule has 39 heavy (non-hydrogen) atoms. The smallest absolute Gasteiger partial charge is 0.356 e. The summed E-state index contributed by atoms with van der Waals surface area (Å²) in [5.41, 5.74) is 3.28. The van der Waals surface area contributed by atoms with Gasteiger partial charge in [0.1, 0.15) is 17.1 Å². The molecule has 1 saturated heterocycles. The summed E-state index contributed by atoms with van der Waals surface area (Å²) in [4.78, 5) is 29.0. The van der Waals surface area contributed by atoms with Gasteiger partial charge in [-0.2, -0.15) is 0 Å². The molecule has 1 N–H and O–H groups in total. The summed E-state index contributed by atoms with van der Waals surface area (Å²) in [5.74, 6) is -0.251. The molecular weight excluding hydrogens is 595 g/mol. The zero-order valence-corrected chi connectivity index (χ0v) is 24.4. The van der Waals surface area contributed by atoms with Gasteiger partial charge >= 0.3 is 5.97 Å². The van der Waals surface area contributed by atoms with Crippen molar-refractivity contribution in [3.05, 3.63) is 117 Å². The molecule has 0 radical (unpaired) electrons. The summed E-state index contributed by atoms with van der Waals surface area (Å²) < 4.78 is 6.08. The zero-order valence-electron chi connectivity index (χ0n) is 20.5. The number of amides is 1. The van der Waals surface area contributed by atoms with Crippen LogP contribution in [0.3, 0.4) is 0 Å². The molecule has 1 fully saturated rings. The molecule has 0 saturated carbocycles. The zero-order chi connectivity index (χ0) is 27.5. The third-order valence-electron chi connectivity index (χ3n) is 6.51. The first-order valence-electron chi connectivity index (χ1n) is 12.1. The van der Waals surface area contributed by atoms with Crippen molar-refractivity contribution in [2.75, 3.05) is 11.6 Å². The summed E-state index contributed by atoms with van der Waals surface area (Å²) in [6.07, 6.45) is -0.305. The van der Waals surface area contributed by atoms with E-state index >= 15 is 0 Å². The van der Waals surface area contributed by atoms with Crippen molar-refractivity contribution >= 4 is 75.6 Å². The fraction of sp³-hybridized carbons (Fsp3) is 0.207. The molecule has 10 heteroatoms. The quantitative estimate of drug-likeness (QED) is 0.134. The Morgan fingerprint density at radius 3 is 2.31 bits per heavy atom. The van der Waals surface area contributed by atoms with E-state index in [1.807, 2.05) is 60.7 Å². The monoisotopic (exact) mass is 616 g/mol. The molecule has 0 aliphatic carbocycles. The van der Waals surface area contributed by atoms with Gasteiger partial charge in [-0.25, -0.2) is 4.79 Å². The van der Waals surface area contributed by atoms with Crippen LogP contribution in [0.25, 0.3) is 0 Å². The minimum Gasteiger partial charge on any atom is -0.448 e. The van der Waals surface area contributed by atoms with Gasteiger partial charge in [0.2, 0.25) is 0 Å². The summed E-state index contributed by atoms with van der Waals surface area (Å²) in [6.45, 7) is 0. The van der Waals surface area contributed by atoms with E-state index in [2.05, 4.69) is 5.32 Å². The fourth-order valence-corrected chi connectivity index (χ4v) is 6.94. The summed E-state index contributed by atoms with van der Waals surface area (Å²) in [7, 11) is 0. The highest BCUT2D eigenvalue weighted by atomic mass is 35.5. The molecule has 0 bridgehead atoms. The summed E-state index contributed by atoms with van der Waals surface area (Å²) >= 11 is 25.7. The van der Waals surface area contributed by atoms with Crippen molar-refractivity contribution in [3.63, 3.8) is 0 Å². The van der Waals surface area contributed by atoms with Crippen LogP contribution in [0.4, 0.5) is 0 Å². The van der Waals surface area contributed by atoms with E-state index in [0.717, 1.165) is 16.7 Å². The average molecular weight is 618 g/mol. The van der Waals surface area contributed by atoms with Gasteiger partial charge < -0.3 is 10.1 Å². The highest BCUT2D eigenvalue weighted by Crippen LogP contribution is 2.42. The van der Waals surface area contributed by atoms with Crippen LogP contribution in [-0.2, 0) is 20.7 Å². The van der Waals surface area contributed by atoms with Gasteiger partial charge in [-0.3, -0.25) is 9.69 Å². The molecule has 1 amide bonds. The van der Waals surface area contributed by atoms with Crippen LogP contribution < -0.4 is 5.32 Å². The maximum absolute atomic E-state index is 13.7. The van der Waals surface area contributed by atoms with Gasteiger partial charge in [0, 0.05) is 28.1 Å². The van der Waals surface area contributed by atoms with Crippen LogP contribution in [-0.4, -0.2) is 44.8 Å². The average Bonchev–Trinajstić information content (AvgIpc) is 2.96. The Morgan fingerprint density at radius 1 is 1.05 bits per heavy atom. The van der Waals surface area contributed by atoms with E-state index in [-0.39, 0.29) is 22.9 Å². The van der Waals surface area contributed by atoms with Crippen LogP contribution in [0.15, 0.2) is 90.1 Å². The lowest BCUT2D eigenvalue weighted by atomic mass is 10.0. The maximum Gasteiger partial charge on any atom is 0.356 e. The van der Waals surface area contributed by atoms with Crippen LogP contribution in [0.2, 0.25) is 10.0 Å². The highest BCUT2D eigenvalue weighted by Gasteiger charge is 2.54. The molecule has 200 valence electrons. The molecule has 2 heterocycles. The van der Waals surface area contributed by atoms with E-state index in [4.69, 9.17) is 51.8 Å². The van der Waals surface area contributed by atoms with E-state index in [0.29, 0.717) is 32.8 Å². The second-order valence-corrected chi connectivity index (χ2v) is 11.8. The van der Waals surface area contributed by atoms with Crippen LogP contribution >= 0.6 is 58.8 Å². The van der Waals surface area contributed by atoms with Crippen molar-refractivity contribution in [2.45, 2.75) is 23.9 Å². The van der Waals surface area contributed by atoms with Crippen molar-refractivity contribution in [1.82, 2.24) is 10.2 Å². The number of thiocarbonyl (C=S) groups is 1. The molecule has 0 spiro atoms. The number of alkyl halides is 1. The van der Waals surface area contributed by atoms with E-state index in [1.54, 1.807) is 18.2 Å². The van der Waals surface area contributed by atoms with Crippen molar-refractivity contribution < 1.29 is 14.3 Å². The molecular formula is C29H23Cl3N2O3S2.